The molecule has 1 N–H and O–H groups in total. The lowest BCUT2D eigenvalue weighted by Crippen LogP contribution is -2.46. The Kier molecular flexibility index (Phi) is 2.47. The molecule has 1 aliphatic carbocycles. The van der Waals surface area contributed by atoms with Crippen molar-refractivity contribution >= 4 is 0 Å². The molecule has 2 nitrogen and oxygen atoms in total. The van der Waals surface area contributed by atoms with Gasteiger partial charge in [-0.1, -0.05) is 30.3 Å². The Morgan fingerprint density at radius 2 is 1.93 bits per heavy atom. The van der Waals surface area contributed by atoms with E-state index >= 15 is 0 Å². The predicted octanol–water partition coefficient (Wildman–Crippen LogP) is 1.80. The second kappa shape index (κ2) is 3.95. The molecule has 1 heterocycles. The minimum Gasteiger partial charge on any atom is -0.314 e. The molecule has 0 spiro atoms. The van der Waals surface area contributed by atoms with Crippen LogP contribution in [0.15, 0.2) is 30.3 Å². The first-order valence-electron chi connectivity index (χ1n) is 5.96. The fourth-order valence-electron chi connectivity index (χ4n) is 2.55. The van der Waals surface area contributed by atoms with Crippen LogP contribution in [0, 0.1) is 0 Å². The van der Waals surface area contributed by atoms with Gasteiger partial charge in [0.25, 0.3) is 0 Å². The standard InChI is InChI=1S/C13H18N2/c1-2-4-11(5-3-1)13-10-14-8-9-15(13)12-6-7-12/h1-5,12-14H,6-10H2. The van der Waals surface area contributed by atoms with Gasteiger partial charge in [0.15, 0.2) is 0 Å². The summed E-state index contributed by atoms with van der Waals surface area (Å²) in [5.74, 6) is 0. The molecule has 1 saturated carbocycles. The molecule has 80 valence electrons. The molecule has 3 rings (SSSR count). The smallest absolute Gasteiger partial charge is 0.0476 e. The van der Waals surface area contributed by atoms with Crippen molar-refractivity contribution in [2.45, 2.75) is 24.9 Å². The van der Waals surface area contributed by atoms with E-state index in [0.29, 0.717) is 6.04 Å². The Hall–Kier alpha value is -0.860. The van der Waals surface area contributed by atoms with Crippen LogP contribution >= 0.6 is 0 Å². The first-order chi connectivity index (χ1) is 7.45. The molecular weight excluding hydrogens is 184 g/mol. The van der Waals surface area contributed by atoms with Crippen LogP contribution in [0.3, 0.4) is 0 Å². The van der Waals surface area contributed by atoms with E-state index in [9.17, 15) is 0 Å². The van der Waals surface area contributed by atoms with E-state index in [-0.39, 0.29) is 0 Å². The van der Waals surface area contributed by atoms with Gasteiger partial charge in [0.2, 0.25) is 0 Å². The Morgan fingerprint density at radius 3 is 2.67 bits per heavy atom. The zero-order valence-electron chi connectivity index (χ0n) is 9.02. The molecule has 1 atom stereocenters. The van der Waals surface area contributed by atoms with E-state index in [4.69, 9.17) is 0 Å². The van der Waals surface area contributed by atoms with Crippen molar-refractivity contribution in [1.29, 1.82) is 0 Å². The highest BCUT2D eigenvalue weighted by Crippen LogP contribution is 2.34. The number of nitrogens with one attached hydrogen (secondary N) is 1. The highest BCUT2D eigenvalue weighted by atomic mass is 15.3. The van der Waals surface area contributed by atoms with Gasteiger partial charge in [-0.2, -0.15) is 0 Å². The highest BCUT2D eigenvalue weighted by molar-refractivity contribution is 5.20. The lowest BCUT2D eigenvalue weighted by atomic mass is 10.0. The van der Waals surface area contributed by atoms with E-state index in [2.05, 4.69) is 40.5 Å². The summed E-state index contributed by atoms with van der Waals surface area (Å²) in [6.07, 6.45) is 2.81. The summed E-state index contributed by atoms with van der Waals surface area (Å²) in [6, 6.07) is 12.4. The third-order valence-electron chi connectivity index (χ3n) is 3.49. The van der Waals surface area contributed by atoms with Gasteiger partial charge in [0.1, 0.15) is 0 Å². The molecule has 1 aromatic rings. The van der Waals surface area contributed by atoms with Crippen LogP contribution < -0.4 is 5.32 Å². The number of rotatable bonds is 2. The average Bonchev–Trinajstić information content (AvgIpc) is 3.14. The first-order valence-corrected chi connectivity index (χ1v) is 5.96. The van der Waals surface area contributed by atoms with Crippen LogP contribution in [0.25, 0.3) is 0 Å². The van der Waals surface area contributed by atoms with Gasteiger partial charge in [0, 0.05) is 31.7 Å². The van der Waals surface area contributed by atoms with Crippen LogP contribution in [0.1, 0.15) is 24.4 Å². The molecule has 0 aromatic heterocycles. The number of hydrogen-bond acceptors (Lipinski definition) is 2. The summed E-state index contributed by atoms with van der Waals surface area (Å²) in [4.78, 5) is 2.69. The summed E-state index contributed by atoms with van der Waals surface area (Å²) < 4.78 is 0. The summed E-state index contributed by atoms with van der Waals surface area (Å²) >= 11 is 0. The number of nitrogens with zero attached hydrogens (tertiary/aromatic N) is 1. The minimum absolute atomic E-state index is 0.604. The lowest BCUT2D eigenvalue weighted by molar-refractivity contribution is 0.153. The Bertz CT molecular complexity index is 319. The molecular formula is C13H18N2. The molecule has 0 radical (unpaired) electrons. The van der Waals surface area contributed by atoms with Crippen LogP contribution in [0.4, 0.5) is 0 Å². The fourth-order valence-corrected chi connectivity index (χ4v) is 2.55. The molecule has 2 heteroatoms. The van der Waals surface area contributed by atoms with Crippen molar-refractivity contribution in [2.24, 2.45) is 0 Å². The molecule has 2 aliphatic rings. The number of benzene rings is 1. The molecule has 0 amide bonds. The minimum atomic E-state index is 0.604. The molecule has 0 bridgehead atoms. The zero-order chi connectivity index (χ0) is 10.1. The van der Waals surface area contributed by atoms with Crippen molar-refractivity contribution in [3.63, 3.8) is 0 Å². The predicted molar refractivity (Wildman–Crippen MR) is 61.8 cm³/mol. The Balaban J connectivity index is 1.82. The van der Waals surface area contributed by atoms with Crippen molar-refractivity contribution in [3.8, 4) is 0 Å². The van der Waals surface area contributed by atoms with Gasteiger partial charge in [-0.25, -0.2) is 0 Å². The fraction of sp³-hybridized carbons (Fsp3) is 0.538. The maximum atomic E-state index is 3.50. The summed E-state index contributed by atoms with van der Waals surface area (Å²) in [5, 5.41) is 3.50. The van der Waals surface area contributed by atoms with Gasteiger partial charge >= 0.3 is 0 Å². The van der Waals surface area contributed by atoms with Crippen molar-refractivity contribution in [2.75, 3.05) is 19.6 Å². The quantitative estimate of drug-likeness (QED) is 0.786. The first kappa shape index (κ1) is 9.37. The second-order valence-electron chi connectivity index (χ2n) is 4.60. The molecule has 1 unspecified atom stereocenters. The molecule has 1 aromatic carbocycles. The summed E-state index contributed by atoms with van der Waals surface area (Å²) in [6.45, 7) is 3.48. The highest BCUT2D eigenvalue weighted by Gasteiger charge is 2.35. The molecule has 1 aliphatic heterocycles. The number of hydrogen-bond donors (Lipinski definition) is 1. The number of piperazine rings is 1. The topological polar surface area (TPSA) is 15.3 Å². The van der Waals surface area contributed by atoms with Crippen molar-refractivity contribution in [1.82, 2.24) is 10.2 Å². The van der Waals surface area contributed by atoms with Gasteiger partial charge in [-0.3, -0.25) is 4.90 Å². The van der Waals surface area contributed by atoms with Crippen molar-refractivity contribution in [3.05, 3.63) is 35.9 Å². The van der Waals surface area contributed by atoms with E-state index in [0.717, 1.165) is 19.1 Å². The third-order valence-corrected chi connectivity index (χ3v) is 3.49. The van der Waals surface area contributed by atoms with Gasteiger partial charge in [0.05, 0.1) is 0 Å². The SMILES string of the molecule is c1ccc(C2CNCCN2C2CC2)cc1. The van der Waals surface area contributed by atoms with Gasteiger partial charge < -0.3 is 5.32 Å². The second-order valence-corrected chi connectivity index (χ2v) is 4.60. The Morgan fingerprint density at radius 1 is 1.13 bits per heavy atom. The van der Waals surface area contributed by atoms with Crippen molar-refractivity contribution < 1.29 is 0 Å². The molecule has 2 fully saturated rings. The van der Waals surface area contributed by atoms with Crippen LogP contribution in [-0.4, -0.2) is 30.6 Å². The van der Waals surface area contributed by atoms with Crippen LogP contribution in [-0.2, 0) is 0 Å². The summed E-state index contributed by atoms with van der Waals surface area (Å²) in [5.41, 5.74) is 1.47. The van der Waals surface area contributed by atoms with Gasteiger partial charge in [-0.05, 0) is 18.4 Å². The largest absolute Gasteiger partial charge is 0.314 e. The van der Waals surface area contributed by atoms with E-state index < -0.39 is 0 Å². The maximum Gasteiger partial charge on any atom is 0.0476 e. The Labute approximate surface area is 91.3 Å². The maximum absolute atomic E-state index is 3.50. The monoisotopic (exact) mass is 202 g/mol. The van der Waals surface area contributed by atoms with E-state index in [1.807, 2.05) is 0 Å². The molecule has 15 heavy (non-hydrogen) atoms. The van der Waals surface area contributed by atoms with Crippen LogP contribution in [0.5, 0.6) is 0 Å². The third kappa shape index (κ3) is 1.92. The van der Waals surface area contributed by atoms with E-state index in [1.54, 1.807) is 0 Å². The zero-order valence-corrected chi connectivity index (χ0v) is 9.02. The van der Waals surface area contributed by atoms with Crippen LogP contribution in [0.2, 0.25) is 0 Å². The van der Waals surface area contributed by atoms with Gasteiger partial charge in [-0.15, -0.1) is 0 Å². The summed E-state index contributed by atoms with van der Waals surface area (Å²) in [7, 11) is 0. The van der Waals surface area contributed by atoms with E-state index in [1.165, 1.54) is 24.9 Å². The lowest BCUT2D eigenvalue weighted by Gasteiger charge is -2.36. The molecule has 1 saturated heterocycles. The average molecular weight is 202 g/mol. The normalized spacial score (nSPS) is 27.9.